The van der Waals surface area contributed by atoms with Gasteiger partial charge in [-0.1, -0.05) is 0 Å². The Bertz CT molecular complexity index is 197. The lowest BCUT2D eigenvalue weighted by Crippen LogP contribution is -2.32. The summed E-state index contributed by atoms with van der Waals surface area (Å²) in [5, 5.41) is 3.04. The lowest BCUT2D eigenvalue weighted by Gasteiger charge is -2.12. The highest BCUT2D eigenvalue weighted by molar-refractivity contribution is 8.00. The highest BCUT2D eigenvalue weighted by atomic mass is 32.2. The molecule has 0 radical (unpaired) electrons. The third-order valence-electron chi connectivity index (χ3n) is 2.77. The van der Waals surface area contributed by atoms with Gasteiger partial charge in [0.15, 0.2) is 0 Å². The summed E-state index contributed by atoms with van der Waals surface area (Å²) in [4.78, 5) is 11.3. The molecule has 0 aromatic carbocycles. The zero-order valence-corrected chi connectivity index (χ0v) is 8.25. The number of carbonyl (C=O) groups is 1. The topological polar surface area (TPSA) is 29.1 Å². The molecule has 1 amide bonds. The standard InChI is InChI=1S/C9H15NOS/c1-12-9(4-5-9)6-10-8(11)7-2-3-7/h7H,2-6H2,1H3,(H,10,11). The van der Waals surface area contributed by atoms with Gasteiger partial charge in [0.2, 0.25) is 5.91 Å². The van der Waals surface area contributed by atoms with Crippen LogP contribution in [0, 0.1) is 5.92 Å². The Morgan fingerprint density at radius 2 is 2.25 bits per heavy atom. The van der Waals surface area contributed by atoms with Crippen LogP contribution in [0.25, 0.3) is 0 Å². The van der Waals surface area contributed by atoms with Gasteiger partial charge in [-0.25, -0.2) is 0 Å². The molecule has 0 unspecified atom stereocenters. The molecule has 0 spiro atoms. The van der Waals surface area contributed by atoms with Crippen LogP contribution >= 0.6 is 11.8 Å². The van der Waals surface area contributed by atoms with Gasteiger partial charge in [0.25, 0.3) is 0 Å². The van der Waals surface area contributed by atoms with Gasteiger partial charge < -0.3 is 5.32 Å². The maximum atomic E-state index is 11.3. The Balaban J connectivity index is 1.70. The third kappa shape index (κ3) is 1.76. The molecular formula is C9H15NOS. The van der Waals surface area contributed by atoms with Crippen LogP contribution in [0.3, 0.4) is 0 Å². The molecule has 2 fully saturated rings. The van der Waals surface area contributed by atoms with E-state index < -0.39 is 0 Å². The van der Waals surface area contributed by atoms with Crippen molar-refractivity contribution < 1.29 is 4.79 Å². The van der Waals surface area contributed by atoms with Crippen LogP contribution in [0.15, 0.2) is 0 Å². The van der Waals surface area contributed by atoms with E-state index in [0.717, 1.165) is 19.4 Å². The van der Waals surface area contributed by atoms with E-state index in [1.54, 1.807) is 0 Å². The Kier molecular flexibility index (Phi) is 2.07. The average molecular weight is 185 g/mol. The number of rotatable bonds is 4. The fourth-order valence-corrected chi connectivity index (χ4v) is 2.06. The first-order valence-corrected chi connectivity index (χ1v) is 5.81. The zero-order chi connectivity index (χ0) is 8.60. The van der Waals surface area contributed by atoms with Crippen molar-refractivity contribution in [1.82, 2.24) is 5.32 Å². The molecule has 2 saturated carbocycles. The maximum Gasteiger partial charge on any atom is 0.223 e. The van der Waals surface area contributed by atoms with E-state index in [4.69, 9.17) is 0 Å². The van der Waals surface area contributed by atoms with Crippen LogP contribution < -0.4 is 5.32 Å². The minimum absolute atomic E-state index is 0.287. The van der Waals surface area contributed by atoms with Gasteiger partial charge >= 0.3 is 0 Å². The smallest absolute Gasteiger partial charge is 0.223 e. The highest BCUT2D eigenvalue weighted by Crippen LogP contribution is 2.46. The SMILES string of the molecule is CSC1(CNC(=O)C2CC2)CC1. The second kappa shape index (κ2) is 2.95. The van der Waals surface area contributed by atoms with E-state index in [0.29, 0.717) is 10.7 Å². The number of thioether (sulfide) groups is 1. The van der Waals surface area contributed by atoms with Gasteiger partial charge in [-0.3, -0.25) is 4.79 Å². The van der Waals surface area contributed by atoms with Crippen molar-refractivity contribution in [2.45, 2.75) is 30.4 Å². The maximum absolute atomic E-state index is 11.3. The Labute approximate surface area is 77.5 Å². The molecule has 0 aromatic heterocycles. The van der Waals surface area contributed by atoms with Crippen molar-refractivity contribution >= 4 is 17.7 Å². The lowest BCUT2D eigenvalue weighted by atomic mass is 10.3. The predicted molar refractivity (Wildman–Crippen MR) is 51.2 cm³/mol. The van der Waals surface area contributed by atoms with Crippen LogP contribution in [0.1, 0.15) is 25.7 Å². The fourth-order valence-electron chi connectivity index (χ4n) is 1.33. The van der Waals surface area contributed by atoms with E-state index in [-0.39, 0.29) is 5.91 Å². The molecule has 1 N–H and O–H groups in total. The van der Waals surface area contributed by atoms with Gasteiger partial charge in [-0.05, 0) is 31.9 Å². The molecule has 0 atom stereocenters. The first-order valence-electron chi connectivity index (χ1n) is 4.59. The summed E-state index contributed by atoms with van der Waals surface area (Å²) in [5.74, 6) is 0.651. The number of hydrogen-bond acceptors (Lipinski definition) is 2. The van der Waals surface area contributed by atoms with Crippen LogP contribution in [0.2, 0.25) is 0 Å². The van der Waals surface area contributed by atoms with Crippen molar-refractivity contribution in [2.75, 3.05) is 12.8 Å². The lowest BCUT2D eigenvalue weighted by molar-refractivity contribution is -0.122. The van der Waals surface area contributed by atoms with Crippen molar-refractivity contribution in [2.24, 2.45) is 5.92 Å². The summed E-state index contributed by atoms with van der Waals surface area (Å²) in [6.45, 7) is 0.892. The number of amides is 1. The highest BCUT2D eigenvalue weighted by Gasteiger charge is 2.42. The average Bonchev–Trinajstić information content (AvgIpc) is 2.94. The second-order valence-corrected chi connectivity index (χ2v) is 5.15. The van der Waals surface area contributed by atoms with Crippen LogP contribution in [-0.4, -0.2) is 23.5 Å². The zero-order valence-electron chi connectivity index (χ0n) is 7.43. The van der Waals surface area contributed by atoms with Crippen molar-refractivity contribution in [3.05, 3.63) is 0 Å². The number of hydrogen-bond donors (Lipinski definition) is 1. The van der Waals surface area contributed by atoms with E-state index in [1.807, 2.05) is 11.8 Å². The van der Waals surface area contributed by atoms with E-state index >= 15 is 0 Å². The second-order valence-electron chi connectivity index (χ2n) is 3.88. The molecule has 0 heterocycles. The predicted octanol–water partition coefficient (Wildman–Crippen LogP) is 1.41. The van der Waals surface area contributed by atoms with Crippen LogP contribution in [0.4, 0.5) is 0 Å². The third-order valence-corrected chi connectivity index (χ3v) is 4.19. The molecule has 0 saturated heterocycles. The fraction of sp³-hybridized carbons (Fsp3) is 0.889. The summed E-state index contributed by atoms with van der Waals surface area (Å²) < 4.78 is 0.421. The molecule has 0 aliphatic heterocycles. The molecule has 2 aliphatic carbocycles. The molecule has 2 aliphatic rings. The van der Waals surface area contributed by atoms with Crippen LogP contribution in [0.5, 0.6) is 0 Å². The molecule has 2 rings (SSSR count). The van der Waals surface area contributed by atoms with Gasteiger partial charge in [0.05, 0.1) is 0 Å². The molecule has 0 bridgehead atoms. The summed E-state index contributed by atoms with van der Waals surface area (Å²) in [7, 11) is 0. The van der Waals surface area contributed by atoms with Gasteiger partial charge in [-0.15, -0.1) is 0 Å². The Morgan fingerprint density at radius 3 is 2.67 bits per heavy atom. The molecule has 12 heavy (non-hydrogen) atoms. The summed E-state index contributed by atoms with van der Waals surface area (Å²) in [6, 6.07) is 0. The quantitative estimate of drug-likeness (QED) is 0.717. The van der Waals surface area contributed by atoms with Gasteiger partial charge in [0.1, 0.15) is 0 Å². The molecule has 68 valence electrons. The molecule has 2 nitrogen and oxygen atoms in total. The normalized spacial score (nSPS) is 25.1. The number of nitrogens with one attached hydrogen (secondary N) is 1. The monoisotopic (exact) mass is 185 g/mol. The Morgan fingerprint density at radius 1 is 1.58 bits per heavy atom. The molecule has 0 aromatic rings. The van der Waals surface area contributed by atoms with E-state index in [1.165, 1.54) is 12.8 Å². The van der Waals surface area contributed by atoms with Crippen LogP contribution in [-0.2, 0) is 4.79 Å². The first-order chi connectivity index (χ1) is 5.76. The van der Waals surface area contributed by atoms with Gasteiger partial charge in [-0.2, -0.15) is 11.8 Å². The summed E-state index contributed by atoms with van der Waals surface area (Å²) >= 11 is 1.90. The summed E-state index contributed by atoms with van der Waals surface area (Å²) in [6.07, 6.45) is 6.91. The first kappa shape index (κ1) is 8.42. The molecular weight excluding hydrogens is 170 g/mol. The Hall–Kier alpha value is -0.180. The minimum Gasteiger partial charge on any atom is -0.354 e. The van der Waals surface area contributed by atoms with E-state index in [2.05, 4.69) is 11.6 Å². The minimum atomic E-state index is 0.287. The summed E-state index contributed by atoms with van der Waals surface area (Å²) in [5.41, 5.74) is 0. The molecule has 3 heteroatoms. The largest absolute Gasteiger partial charge is 0.354 e. The van der Waals surface area contributed by atoms with Crippen molar-refractivity contribution in [3.8, 4) is 0 Å². The number of carbonyl (C=O) groups excluding carboxylic acids is 1. The van der Waals surface area contributed by atoms with Gasteiger partial charge in [0, 0.05) is 17.2 Å². The van der Waals surface area contributed by atoms with Crippen molar-refractivity contribution in [3.63, 3.8) is 0 Å². The van der Waals surface area contributed by atoms with Crippen molar-refractivity contribution in [1.29, 1.82) is 0 Å². The van der Waals surface area contributed by atoms with E-state index in [9.17, 15) is 4.79 Å².